The second kappa shape index (κ2) is 5.85. The van der Waals surface area contributed by atoms with E-state index in [2.05, 4.69) is 10.6 Å². The minimum atomic E-state index is -0.497. The number of benzene rings is 2. The molecule has 20 heavy (non-hydrogen) atoms. The lowest BCUT2D eigenvalue weighted by molar-refractivity contribution is 0.262. The summed E-state index contributed by atoms with van der Waals surface area (Å²) in [5, 5.41) is 13.9. The van der Waals surface area contributed by atoms with Gasteiger partial charge in [-0.25, -0.2) is 9.18 Å². The van der Waals surface area contributed by atoms with Crippen LogP contribution in [-0.2, 0) is 0 Å². The third-order valence-corrected chi connectivity index (χ3v) is 2.68. The zero-order chi connectivity index (χ0) is 14.5. The molecular weight excluding hydrogens is 257 g/mol. The molecule has 2 N–H and O–H groups in total. The van der Waals surface area contributed by atoms with Gasteiger partial charge in [0.15, 0.2) is 0 Å². The Hall–Kier alpha value is -2.87. The molecule has 4 nitrogen and oxygen atoms in total. The zero-order valence-corrected chi connectivity index (χ0v) is 10.8. The molecule has 0 spiro atoms. The molecular formula is C15H12FN3O. The second-order valence-electron chi connectivity index (χ2n) is 4.24. The van der Waals surface area contributed by atoms with Gasteiger partial charge in [0.1, 0.15) is 5.82 Å². The number of halogens is 1. The standard InChI is InChI=1S/C15H12FN3O/c1-10-5-6-13(8-14(10)16)19-15(20)18-12-4-2-3-11(7-12)9-17/h2-8H,1H3,(H2,18,19,20). The van der Waals surface area contributed by atoms with E-state index in [9.17, 15) is 9.18 Å². The van der Waals surface area contributed by atoms with Gasteiger partial charge in [0, 0.05) is 11.4 Å². The molecule has 0 aliphatic heterocycles. The first kappa shape index (κ1) is 13.6. The number of hydrogen-bond donors (Lipinski definition) is 2. The van der Waals surface area contributed by atoms with E-state index in [-0.39, 0.29) is 5.82 Å². The lowest BCUT2D eigenvalue weighted by atomic mass is 10.2. The Labute approximate surface area is 115 Å². The molecule has 0 saturated carbocycles. The van der Waals surface area contributed by atoms with E-state index >= 15 is 0 Å². The van der Waals surface area contributed by atoms with E-state index in [0.29, 0.717) is 22.5 Å². The summed E-state index contributed by atoms with van der Waals surface area (Å²) in [6.45, 7) is 1.65. The molecule has 5 heteroatoms. The fourth-order valence-electron chi connectivity index (χ4n) is 1.63. The summed E-state index contributed by atoms with van der Waals surface area (Å²) in [7, 11) is 0. The van der Waals surface area contributed by atoms with Gasteiger partial charge in [0.25, 0.3) is 0 Å². The molecule has 0 aliphatic carbocycles. The Bertz CT molecular complexity index is 692. The fraction of sp³-hybridized carbons (Fsp3) is 0.0667. The highest BCUT2D eigenvalue weighted by Gasteiger charge is 2.05. The molecule has 0 heterocycles. The summed E-state index contributed by atoms with van der Waals surface area (Å²) in [5.41, 5.74) is 1.82. The number of nitrogens with zero attached hydrogens (tertiary/aromatic N) is 1. The third kappa shape index (κ3) is 3.33. The third-order valence-electron chi connectivity index (χ3n) is 2.68. The maximum Gasteiger partial charge on any atom is 0.323 e. The normalized spacial score (nSPS) is 9.65. The van der Waals surface area contributed by atoms with E-state index in [0.717, 1.165) is 0 Å². The average Bonchev–Trinajstić information content (AvgIpc) is 2.43. The average molecular weight is 269 g/mol. The van der Waals surface area contributed by atoms with Crippen molar-refractivity contribution in [1.82, 2.24) is 0 Å². The van der Waals surface area contributed by atoms with Gasteiger partial charge in [-0.1, -0.05) is 12.1 Å². The van der Waals surface area contributed by atoms with Crippen LogP contribution >= 0.6 is 0 Å². The van der Waals surface area contributed by atoms with E-state index < -0.39 is 6.03 Å². The Morgan fingerprint density at radius 3 is 2.50 bits per heavy atom. The van der Waals surface area contributed by atoms with E-state index in [1.165, 1.54) is 6.07 Å². The highest BCUT2D eigenvalue weighted by atomic mass is 19.1. The molecule has 0 saturated heterocycles. The number of carbonyl (C=O) groups excluding carboxylic acids is 1. The van der Waals surface area contributed by atoms with Crippen LogP contribution in [0.2, 0.25) is 0 Å². The first-order valence-electron chi connectivity index (χ1n) is 5.93. The molecule has 2 amide bonds. The number of carbonyl (C=O) groups is 1. The highest BCUT2D eigenvalue weighted by molar-refractivity contribution is 5.99. The molecule has 0 fully saturated rings. The fourth-order valence-corrected chi connectivity index (χ4v) is 1.63. The van der Waals surface area contributed by atoms with E-state index in [1.54, 1.807) is 43.3 Å². The summed E-state index contributed by atoms with van der Waals surface area (Å²) in [6.07, 6.45) is 0. The summed E-state index contributed by atoms with van der Waals surface area (Å²) in [4.78, 5) is 11.8. The predicted octanol–water partition coefficient (Wildman–Crippen LogP) is 3.65. The smallest absolute Gasteiger partial charge is 0.308 e. The summed E-state index contributed by atoms with van der Waals surface area (Å²) in [6, 6.07) is 12.5. The van der Waals surface area contributed by atoms with Gasteiger partial charge in [-0.15, -0.1) is 0 Å². The Balaban J connectivity index is 2.05. The van der Waals surface area contributed by atoms with Crippen LogP contribution in [0.25, 0.3) is 0 Å². The first-order valence-corrected chi connectivity index (χ1v) is 5.93. The summed E-state index contributed by atoms with van der Waals surface area (Å²) in [5.74, 6) is -0.380. The Kier molecular flexibility index (Phi) is 3.96. The van der Waals surface area contributed by atoms with Crippen molar-refractivity contribution in [1.29, 1.82) is 5.26 Å². The summed E-state index contributed by atoms with van der Waals surface area (Å²) >= 11 is 0. The lowest BCUT2D eigenvalue weighted by Gasteiger charge is -2.08. The molecule has 0 unspecified atom stereocenters. The number of aryl methyl sites for hydroxylation is 1. The van der Waals surface area contributed by atoms with Crippen molar-refractivity contribution in [2.24, 2.45) is 0 Å². The van der Waals surface area contributed by atoms with Crippen molar-refractivity contribution in [2.45, 2.75) is 6.92 Å². The minimum absolute atomic E-state index is 0.363. The van der Waals surface area contributed by atoms with Crippen molar-refractivity contribution in [3.05, 3.63) is 59.4 Å². The number of rotatable bonds is 2. The maximum atomic E-state index is 13.3. The number of hydrogen-bond acceptors (Lipinski definition) is 2. The Morgan fingerprint density at radius 1 is 1.15 bits per heavy atom. The maximum absolute atomic E-state index is 13.3. The van der Waals surface area contributed by atoms with E-state index in [1.807, 2.05) is 6.07 Å². The highest BCUT2D eigenvalue weighted by Crippen LogP contribution is 2.15. The largest absolute Gasteiger partial charge is 0.323 e. The molecule has 0 radical (unpaired) electrons. The van der Waals surface area contributed by atoms with Crippen LogP contribution < -0.4 is 10.6 Å². The van der Waals surface area contributed by atoms with Crippen molar-refractivity contribution in [3.63, 3.8) is 0 Å². The van der Waals surface area contributed by atoms with Crippen LogP contribution in [0.15, 0.2) is 42.5 Å². The minimum Gasteiger partial charge on any atom is -0.308 e. The molecule has 2 rings (SSSR count). The molecule has 0 atom stereocenters. The summed E-state index contributed by atoms with van der Waals surface area (Å²) < 4.78 is 13.3. The number of nitriles is 1. The SMILES string of the molecule is Cc1ccc(NC(=O)Nc2cccc(C#N)c2)cc1F. The number of amides is 2. The number of anilines is 2. The zero-order valence-electron chi connectivity index (χ0n) is 10.8. The molecule has 100 valence electrons. The number of nitrogens with one attached hydrogen (secondary N) is 2. The van der Waals surface area contributed by atoms with Crippen LogP contribution in [0.3, 0.4) is 0 Å². The van der Waals surface area contributed by atoms with Crippen LogP contribution in [0.5, 0.6) is 0 Å². The van der Waals surface area contributed by atoms with Crippen LogP contribution in [0, 0.1) is 24.1 Å². The number of urea groups is 1. The predicted molar refractivity (Wildman–Crippen MR) is 74.9 cm³/mol. The van der Waals surface area contributed by atoms with Gasteiger partial charge in [-0.05, 0) is 42.8 Å². The van der Waals surface area contributed by atoms with Crippen LogP contribution in [0.4, 0.5) is 20.6 Å². The van der Waals surface area contributed by atoms with Gasteiger partial charge >= 0.3 is 6.03 Å². The molecule has 0 aromatic heterocycles. The van der Waals surface area contributed by atoms with Crippen molar-refractivity contribution >= 4 is 17.4 Å². The van der Waals surface area contributed by atoms with Gasteiger partial charge in [-0.2, -0.15) is 5.26 Å². The van der Waals surface area contributed by atoms with Crippen molar-refractivity contribution < 1.29 is 9.18 Å². The van der Waals surface area contributed by atoms with Gasteiger partial charge in [0.05, 0.1) is 11.6 Å². The van der Waals surface area contributed by atoms with Gasteiger partial charge in [-0.3, -0.25) is 0 Å². The molecule has 2 aromatic rings. The quantitative estimate of drug-likeness (QED) is 0.874. The first-order chi connectivity index (χ1) is 9.58. The van der Waals surface area contributed by atoms with Crippen molar-refractivity contribution in [2.75, 3.05) is 10.6 Å². The van der Waals surface area contributed by atoms with Crippen LogP contribution in [-0.4, -0.2) is 6.03 Å². The topological polar surface area (TPSA) is 64.9 Å². The van der Waals surface area contributed by atoms with Gasteiger partial charge < -0.3 is 10.6 Å². The molecule has 2 aromatic carbocycles. The second-order valence-corrected chi connectivity index (χ2v) is 4.24. The molecule has 0 aliphatic rings. The lowest BCUT2D eigenvalue weighted by Crippen LogP contribution is -2.19. The van der Waals surface area contributed by atoms with Gasteiger partial charge in [0.2, 0.25) is 0 Å². The van der Waals surface area contributed by atoms with E-state index in [4.69, 9.17) is 5.26 Å². The molecule has 0 bridgehead atoms. The van der Waals surface area contributed by atoms with Crippen LogP contribution in [0.1, 0.15) is 11.1 Å². The van der Waals surface area contributed by atoms with Crippen molar-refractivity contribution in [3.8, 4) is 6.07 Å². The Morgan fingerprint density at radius 2 is 1.85 bits per heavy atom. The monoisotopic (exact) mass is 269 g/mol.